The van der Waals surface area contributed by atoms with Gasteiger partial charge in [-0.15, -0.1) is 0 Å². The first kappa shape index (κ1) is 15.3. The van der Waals surface area contributed by atoms with Gasteiger partial charge in [-0.3, -0.25) is 0 Å². The standard InChI is InChI=1S/C16H24FNO2/c1-12(2)10-18-11-13-7-14(17)9-16(8-13)20-15-3-5-19-6-4-15/h7-9,12,15,18H,3-6,10-11H2,1-2H3. The molecule has 0 unspecified atom stereocenters. The molecule has 0 atom stereocenters. The summed E-state index contributed by atoms with van der Waals surface area (Å²) in [4.78, 5) is 0. The normalized spacial score (nSPS) is 16.6. The molecule has 1 aliphatic rings. The van der Waals surface area contributed by atoms with Crippen LogP contribution in [0.3, 0.4) is 0 Å². The molecule has 0 aliphatic carbocycles. The van der Waals surface area contributed by atoms with E-state index in [1.54, 1.807) is 6.07 Å². The van der Waals surface area contributed by atoms with Crippen LogP contribution in [-0.4, -0.2) is 25.9 Å². The molecule has 20 heavy (non-hydrogen) atoms. The Labute approximate surface area is 120 Å². The van der Waals surface area contributed by atoms with Gasteiger partial charge in [0.25, 0.3) is 0 Å². The Balaban J connectivity index is 1.93. The van der Waals surface area contributed by atoms with Crippen LogP contribution in [0.1, 0.15) is 32.3 Å². The van der Waals surface area contributed by atoms with Crippen LogP contribution in [0.4, 0.5) is 4.39 Å². The van der Waals surface area contributed by atoms with Gasteiger partial charge in [0, 0.05) is 25.5 Å². The third-order valence-electron chi connectivity index (χ3n) is 3.28. The summed E-state index contributed by atoms with van der Waals surface area (Å²) in [5.74, 6) is 0.968. The molecule has 0 radical (unpaired) electrons. The van der Waals surface area contributed by atoms with E-state index in [2.05, 4.69) is 19.2 Å². The molecule has 1 aromatic rings. The van der Waals surface area contributed by atoms with Crippen molar-refractivity contribution in [3.8, 4) is 5.75 Å². The number of nitrogens with one attached hydrogen (secondary N) is 1. The number of benzene rings is 1. The molecule has 1 fully saturated rings. The molecule has 0 bridgehead atoms. The molecule has 0 aromatic heterocycles. The van der Waals surface area contributed by atoms with Crippen molar-refractivity contribution in [1.82, 2.24) is 5.32 Å². The van der Waals surface area contributed by atoms with E-state index < -0.39 is 0 Å². The lowest BCUT2D eigenvalue weighted by Gasteiger charge is -2.23. The molecule has 0 amide bonds. The van der Waals surface area contributed by atoms with Crippen LogP contribution in [0.25, 0.3) is 0 Å². The predicted molar refractivity (Wildman–Crippen MR) is 77.4 cm³/mol. The summed E-state index contributed by atoms with van der Waals surface area (Å²) in [7, 11) is 0. The number of hydrogen-bond donors (Lipinski definition) is 1. The Hall–Kier alpha value is -1.13. The maximum Gasteiger partial charge on any atom is 0.127 e. The van der Waals surface area contributed by atoms with Crippen molar-refractivity contribution >= 4 is 0 Å². The largest absolute Gasteiger partial charge is 0.490 e. The highest BCUT2D eigenvalue weighted by Crippen LogP contribution is 2.21. The predicted octanol–water partition coefficient (Wildman–Crippen LogP) is 3.13. The van der Waals surface area contributed by atoms with E-state index in [0.717, 1.165) is 38.2 Å². The highest BCUT2D eigenvalue weighted by atomic mass is 19.1. The number of rotatable bonds is 6. The summed E-state index contributed by atoms with van der Waals surface area (Å²) in [6.45, 7) is 7.34. The van der Waals surface area contributed by atoms with Gasteiger partial charge in [0.15, 0.2) is 0 Å². The highest BCUT2D eigenvalue weighted by Gasteiger charge is 2.15. The molecule has 112 valence electrons. The van der Waals surface area contributed by atoms with Crippen LogP contribution in [0, 0.1) is 11.7 Å². The zero-order valence-electron chi connectivity index (χ0n) is 12.3. The third-order valence-corrected chi connectivity index (χ3v) is 3.28. The molecule has 1 N–H and O–H groups in total. The van der Waals surface area contributed by atoms with E-state index in [1.165, 1.54) is 6.07 Å². The Kier molecular flexibility index (Phi) is 5.80. The van der Waals surface area contributed by atoms with Crippen molar-refractivity contribution < 1.29 is 13.9 Å². The van der Waals surface area contributed by atoms with Crippen molar-refractivity contribution in [2.45, 2.75) is 39.3 Å². The van der Waals surface area contributed by atoms with Crippen molar-refractivity contribution in [2.75, 3.05) is 19.8 Å². The first-order chi connectivity index (χ1) is 9.63. The summed E-state index contributed by atoms with van der Waals surface area (Å²) in [5, 5.41) is 3.32. The summed E-state index contributed by atoms with van der Waals surface area (Å²) in [6, 6.07) is 4.94. The van der Waals surface area contributed by atoms with Crippen molar-refractivity contribution in [3.05, 3.63) is 29.6 Å². The number of halogens is 1. The molecule has 4 heteroatoms. The quantitative estimate of drug-likeness (QED) is 0.869. The second kappa shape index (κ2) is 7.60. The fraction of sp³-hybridized carbons (Fsp3) is 0.625. The minimum absolute atomic E-state index is 0.141. The Morgan fingerprint density at radius 1 is 1.30 bits per heavy atom. The summed E-state index contributed by atoms with van der Waals surface area (Å²) in [5.41, 5.74) is 0.924. The van der Waals surface area contributed by atoms with Crippen LogP contribution in [0.15, 0.2) is 18.2 Å². The molecule has 0 saturated carbocycles. The Morgan fingerprint density at radius 2 is 2.05 bits per heavy atom. The lowest BCUT2D eigenvalue weighted by atomic mass is 10.1. The third kappa shape index (κ3) is 5.10. The molecule has 1 heterocycles. The molecule has 1 saturated heterocycles. The smallest absolute Gasteiger partial charge is 0.127 e. The van der Waals surface area contributed by atoms with E-state index in [-0.39, 0.29) is 11.9 Å². The van der Waals surface area contributed by atoms with Crippen molar-refractivity contribution in [2.24, 2.45) is 5.92 Å². The van der Waals surface area contributed by atoms with E-state index >= 15 is 0 Å². The van der Waals surface area contributed by atoms with E-state index in [1.807, 2.05) is 6.07 Å². The SMILES string of the molecule is CC(C)CNCc1cc(F)cc(OC2CCOCC2)c1. The van der Waals surface area contributed by atoms with Gasteiger partial charge in [-0.2, -0.15) is 0 Å². The average molecular weight is 281 g/mol. The topological polar surface area (TPSA) is 30.5 Å². The zero-order valence-corrected chi connectivity index (χ0v) is 12.3. The summed E-state index contributed by atoms with van der Waals surface area (Å²) >= 11 is 0. The van der Waals surface area contributed by atoms with Gasteiger partial charge in [-0.1, -0.05) is 13.8 Å². The molecule has 2 rings (SSSR count). The molecular weight excluding hydrogens is 257 g/mol. The minimum atomic E-state index is -0.240. The van der Waals surface area contributed by atoms with Crippen molar-refractivity contribution in [3.63, 3.8) is 0 Å². The number of hydrogen-bond acceptors (Lipinski definition) is 3. The highest BCUT2D eigenvalue weighted by molar-refractivity contribution is 5.29. The van der Waals surface area contributed by atoms with Crippen LogP contribution in [-0.2, 0) is 11.3 Å². The maximum atomic E-state index is 13.6. The first-order valence-electron chi connectivity index (χ1n) is 7.38. The minimum Gasteiger partial charge on any atom is -0.490 e. The van der Waals surface area contributed by atoms with Crippen LogP contribution < -0.4 is 10.1 Å². The van der Waals surface area contributed by atoms with Crippen molar-refractivity contribution in [1.29, 1.82) is 0 Å². The lowest BCUT2D eigenvalue weighted by Crippen LogP contribution is -2.26. The molecule has 3 nitrogen and oxygen atoms in total. The average Bonchev–Trinajstić information content (AvgIpc) is 2.38. The Bertz CT molecular complexity index is 417. The van der Waals surface area contributed by atoms with Crippen LogP contribution in [0.5, 0.6) is 5.75 Å². The van der Waals surface area contributed by atoms with Gasteiger partial charge in [-0.25, -0.2) is 4.39 Å². The van der Waals surface area contributed by atoms with Gasteiger partial charge < -0.3 is 14.8 Å². The Morgan fingerprint density at radius 3 is 2.75 bits per heavy atom. The second-order valence-electron chi connectivity index (χ2n) is 5.75. The maximum absolute atomic E-state index is 13.6. The summed E-state index contributed by atoms with van der Waals surface area (Å²) < 4.78 is 24.8. The molecule has 1 aromatic carbocycles. The first-order valence-corrected chi connectivity index (χ1v) is 7.38. The fourth-order valence-electron chi connectivity index (χ4n) is 2.28. The van der Waals surface area contributed by atoms with E-state index in [0.29, 0.717) is 18.2 Å². The fourth-order valence-corrected chi connectivity index (χ4v) is 2.28. The molecule has 1 aliphatic heterocycles. The van der Waals surface area contributed by atoms with E-state index in [4.69, 9.17) is 9.47 Å². The van der Waals surface area contributed by atoms with Gasteiger partial charge >= 0.3 is 0 Å². The number of ether oxygens (including phenoxy) is 2. The summed E-state index contributed by atoms with van der Waals surface area (Å²) in [6.07, 6.45) is 1.89. The van der Waals surface area contributed by atoms with Gasteiger partial charge in [0.2, 0.25) is 0 Å². The van der Waals surface area contributed by atoms with Gasteiger partial charge in [-0.05, 0) is 30.2 Å². The molecule has 0 spiro atoms. The lowest BCUT2D eigenvalue weighted by molar-refractivity contribution is 0.0254. The van der Waals surface area contributed by atoms with Crippen LogP contribution >= 0.6 is 0 Å². The zero-order chi connectivity index (χ0) is 14.4. The van der Waals surface area contributed by atoms with Crippen LogP contribution in [0.2, 0.25) is 0 Å². The monoisotopic (exact) mass is 281 g/mol. The van der Waals surface area contributed by atoms with Gasteiger partial charge in [0.05, 0.1) is 13.2 Å². The second-order valence-corrected chi connectivity index (χ2v) is 5.75. The van der Waals surface area contributed by atoms with Gasteiger partial charge in [0.1, 0.15) is 17.7 Å². The molecular formula is C16H24FNO2. The van der Waals surface area contributed by atoms with E-state index in [9.17, 15) is 4.39 Å².